The standard InChI is InChI=1S/C12H19N3O2/c1-5-7-9(3)15-10(4)11(13-14-15)12(16)17-8-6-2/h6,9H,2,5,7-8H2,1,3-4H3. The fraction of sp³-hybridized carbons (Fsp3) is 0.583. The molecular weight excluding hydrogens is 218 g/mol. The van der Waals surface area contributed by atoms with Crippen molar-refractivity contribution in [3.05, 3.63) is 24.0 Å². The van der Waals surface area contributed by atoms with Crippen LogP contribution in [-0.2, 0) is 4.74 Å². The number of esters is 1. The first-order valence-electron chi connectivity index (χ1n) is 5.81. The fourth-order valence-corrected chi connectivity index (χ4v) is 1.69. The highest BCUT2D eigenvalue weighted by molar-refractivity contribution is 5.88. The molecule has 1 heterocycles. The van der Waals surface area contributed by atoms with E-state index in [1.54, 1.807) is 4.68 Å². The zero-order chi connectivity index (χ0) is 12.8. The van der Waals surface area contributed by atoms with Crippen LogP contribution in [0.3, 0.4) is 0 Å². The Morgan fingerprint density at radius 2 is 2.35 bits per heavy atom. The molecule has 1 aromatic rings. The number of carbonyl (C=O) groups excluding carboxylic acids is 1. The van der Waals surface area contributed by atoms with Crippen LogP contribution in [0.1, 0.15) is 48.9 Å². The Kier molecular flexibility index (Phi) is 4.87. The Bertz CT molecular complexity index is 398. The van der Waals surface area contributed by atoms with Gasteiger partial charge in [0.1, 0.15) is 6.61 Å². The lowest BCUT2D eigenvalue weighted by atomic mass is 10.2. The predicted octanol–water partition coefficient (Wildman–Crippen LogP) is 2.29. The number of nitrogens with zero attached hydrogens (tertiary/aromatic N) is 3. The van der Waals surface area contributed by atoms with Gasteiger partial charge in [0, 0.05) is 0 Å². The first-order valence-corrected chi connectivity index (χ1v) is 5.81. The second-order valence-electron chi connectivity index (χ2n) is 3.99. The second-order valence-corrected chi connectivity index (χ2v) is 3.99. The van der Waals surface area contributed by atoms with E-state index in [-0.39, 0.29) is 18.3 Å². The van der Waals surface area contributed by atoms with Crippen molar-refractivity contribution in [3.63, 3.8) is 0 Å². The summed E-state index contributed by atoms with van der Waals surface area (Å²) in [6.45, 7) is 9.68. The Labute approximate surface area is 101 Å². The molecule has 1 atom stereocenters. The molecule has 17 heavy (non-hydrogen) atoms. The number of hydrogen-bond acceptors (Lipinski definition) is 4. The normalized spacial score (nSPS) is 12.2. The lowest BCUT2D eigenvalue weighted by Gasteiger charge is -2.11. The van der Waals surface area contributed by atoms with Crippen molar-refractivity contribution in [2.45, 2.75) is 39.7 Å². The minimum atomic E-state index is -0.447. The second kappa shape index (κ2) is 6.18. The third kappa shape index (κ3) is 3.15. The molecule has 1 unspecified atom stereocenters. The van der Waals surface area contributed by atoms with Crippen molar-refractivity contribution in [3.8, 4) is 0 Å². The van der Waals surface area contributed by atoms with Gasteiger partial charge in [-0.2, -0.15) is 0 Å². The summed E-state index contributed by atoms with van der Waals surface area (Å²) in [5.74, 6) is -0.447. The summed E-state index contributed by atoms with van der Waals surface area (Å²) in [6, 6.07) is 0.244. The third-order valence-electron chi connectivity index (χ3n) is 2.58. The van der Waals surface area contributed by atoms with Gasteiger partial charge in [0.25, 0.3) is 0 Å². The van der Waals surface area contributed by atoms with E-state index < -0.39 is 5.97 Å². The molecule has 0 fully saturated rings. The summed E-state index contributed by atoms with van der Waals surface area (Å²) in [6.07, 6.45) is 3.60. The first-order chi connectivity index (χ1) is 8.11. The molecule has 0 aromatic carbocycles. The van der Waals surface area contributed by atoms with E-state index in [0.717, 1.165) is 18.5 Å². The van der Waals surface area contributed by atoms with E-state index >= 15 is 0 Å². The quantitative estimate of drug-likeness (QED) is 0.562. The van der Waals surface area contributed by atoms with Gasteiger partial charge >= 0.3 is 5.97 Å². The van der Waals surface area contributed by atoms with Crippen LogP contribution in [0.25, 0.3) is 0 Å². The van der Waals surface area contributed by atoms with Gasteiger partial charge < -0.3 is 4.74 Å². The summed E-state index contributed by atoms with van der Waals surface area (Å²) in [5.41, 5.74) is 1.04. The fourth-order valence-electron chi connectivity index (χ4n) is 1.69. The van der Waals surface area contributed by atoms with E-state index in [1.807, 2.05) is 6.92 Å². The predicted molar refractivity (Wildman–Crippen MR) is 64.9 cm³/mol. The summed E-state index contributed by atoms with van der Waals surface area (Å²) in [4.78, 5) is 11.6. The maximum absolute atomic E-state index is 11.6. The molecule has 0 spiro atoms. The monoisotopic (exact) mass is 237 g/mol. The van der Waals surface area contributed by atoms with Crippen LogP contribution in [0.4, 0.5) is 0 Å². The Morgan fingerprint density at radius 3 is 2.94 bits per heavy atom. The number of aromatic nitrogens is 3. The molecule has 0 N–H and O–H groups in total. The van der Waals surface area contributed by atoms with Gasteiger partial charge in [0.2, 0.25) is 0 Å². The molecule has 0 aliphatic carbocycles. The van der Waals surface area contributed by atoms with Crippen molar-refractivity contribution in [2.75, 3.05) is 6.61 Å². The highest BCUT2D eigenvalue weighted by Crippen LogP contribution is 2.16. The molecule has 1 rings (SSSR count). The van der Waals surface area contributed by atoms with E-state index in [9.17, 15) is 4.79 Å². The van der Waals surface area contributed by atoms with Crippen LogP contribution < -0.4 is 0 Å². The van der Waals surface area contributed by atoms with Gasteiger partial charge in [-0.3, -0.25) is 0 Å². The van der Waals surface area contributed by atoms with Crippen LogP contribution in [-0.4, -0.2) is 27.6 Å². The van der Waals surface area contributed by atoms with Gasteiger partial charge in [0.05, 0.1) is 11.7 Å². The van der Waals surface area contributed by atoms with Crippen molar-refractivity contribution < 1.29 is 9.53 Å². The first kappa shape index (κ1) is 13.4. The number of rotatable bonds is 6. The van der Waals surface area contributed by atoms with Crippen LogP contribution in [0.2, 0.25) is 0 Å². The molecule has 1 aromatic heterocycles. The lowest BCUT2D eigenvalue weighted by molar-refractivity contribution is 0.0542. The van der Waals surface area contributed by atoms with E-state index in [1.165, 1.54) is 6.08 Å². The highest BCUT2D eigenvalue weighted by Gasteiger charge is 2.19. The molecular formula is C12H19N3O2. The average Bonchev–Trinajstić information content (AvgIpc) is 2.68. The van der Waals surface area contributed by atoms with Crippen LogP contribution in [0.15, 0.2) is 12.7 Å². The van der Waals surface area contributed by atoms with E-state index in [0.29, 0.717) is 0 Å². The third-order valence-corrected chi connectivity index (χ3v) is 2.58. The minimum Gasteiger partial charge on any atom is -0.457 e. The van der Waals surface area contributed by atoms with Crippen molar-refractivity contribution >= 4 is 5.97 Å². The molecule has 94 valence electrons. The largest absolute Gasteiger partial charge is 0.457 e. The van der Waals surface area contributed by atoms with Crippen LogP contribution in [0.5, 0.6) is 0 Å². The van der Waals surface area contributed by atoms with Gasteiger partial charge in [-0.1, -0.05) is 31.2 Å². The maximum atomic E-state index is 11.6. The highest BCUT2D eigenvalue weighted by atomic mass is 16.5. The Morgan fingerprint density at radius 1 is 1.65 bits per heavy atom. The molecule has 0 saturated carbocycles. The number of hydrogen-bond donors (Lipinski definition) is 0. The topological polar surface area (TPSA) is 57.0 Å². The molecule has 0 amide bonds. The van der Waals surface area contributed by atoms with Crippen LogP contribution >= 0.6 is 0 Å². The molecule has 0 bridgehead atoms. The molecule has 0 aliphatic heterocycles. The molecule has 0 aliphatic rings. The summed E-state index contributed by atoms with van der Waals surface area (Å²) in [7, 11) is 0. The lowest BCUT2D eigenvalue weighted by Crippen LogP contribution is -2.11. The summed E-state index contributed by atoms with van der Waals surface area (Å²) in [5, 5.41) is 7.88. The molecule has 0 radical (unpaired) electrons. The van der Waals surface area contributed by atoms with Crippen molar-refractivity contribution in [1.82, 2.24) is 15.0 Å². The Balaban J connectivity index is 2.82. The molecule has 0 saturated heterocycles. The maximum Gasteiger partial charge on any atom is 0.361 e. The van der Waals surface area contributed by atoms with Gasteiger partial charge in [-0.05, 0) is 20.3 Å². The van der Waals surface area contributed by atoms with Crippen molar-refractivity contribution in [2.24, 2.45) is 0 Å². The smallest absolute Gasteiger partial charge is 0.361 e. The number of carbonyl (C=O) groups is 1. The van der Waals surface area contributed by atoms with E-state index in [4.69, 9.17) is 4.74 Å². The zero-order valence-corrected chi connectivity index (χ0v) is 10.6. The van der Waals surface area contributed by atoms with E-state index in [2.05, 4.69) is 30.7 Å². The van der Waals surface area contributed by atoms with Crippen molar-refractivity contribution in [1.29, 1.82) is 0 Å². The summed E-state index contributed by atoms with van der Waals surface area (Å²) >= 11 is 0. The molecule has 5 heteroatoms. The van der Waals surface area contributed by atoms with Crippen LogP contribution in [0, 0.1) is 6.92 Å². The SMILES string of the molecule is C=CCOC(=O)c1nnn(C(C)CCC)c1C. The minimum absolute atomic E-state index is 0.190. The average molecular weight is 237 g/mol. The zero-order valence-electron chi connectivity index (χ0n) is 10.6. The Hall–Kier alpha value is -1.65. The van der Waals surface area contributed by atoms with Gasteiger partial charge in [-0.25, -0.2) is 9.48 Å². The number of ether oxygens (including phenoxy) is 1. The molecule has 5 nitrogen and oxygen atoms in total. The van der Waals surface area contributed by atoms with Gasteiger partial charge in [0.15, 0.2) is 5.69 Å². The van der Waals surface area contributed by atoms with Gasteiger partial charge in [-0.15, -0.1) is 5.10 Å². The summed E-state index contributed by atoms with van der Waals surface area (Å²) < 4.78 is 6.71.